The van der Waals surface area contributed by atoms with Crippen molar-refractivity contribution in [2.24, 2.45) is 5.41 Å². The highest BCUT2D eigenvalue weighted by Gasteiger charge is 2.32. The van der Waals surface area contributed by atoms with Gasteiger partial charge in [0.1, 0.15) is 0 Å². The smallest absolute Gasteiger partial charge is 0.384 e. The third kappa shape index (κ3) is 5.70. The van der Waals surface area contributed by atoms with Gasteiger partial charge in [0.2, 0.25) is 0 Å². The predicted molar refractivity (Wildman–Crippen MR) is 60.0 cm³/mol. The van der Waals surface area contributed by atoms with E-state index >= 15 is 0 Å². The number of halogens is 3. The molecule has 1 rings (SSSR count). The molecule has 0 atom stereocenters. The van der Waals surface area contributed by atoms with Gasteiger partial charge >= 0.3 is 6.18 Å². The van der Waals surface area contributed by atoms with Gasteiger partial charge in [-0.2, -0.15) is 13.2 Å². The summed E-state index contributed by atoms with van der Waals surface area (Å²) >= 11 is 0. The molecule has 102 valence electrons. The highest BCUT2D eigenvalue weighted by Crippen LogP contribution is 2.28. The maximum atomic E-state index is 12.0. The van der Waals surface area contributed by atoms with Crippen LogP contribution in [0.4, 0.5) is 13.2 Å². The SMILES string of the molecule is COCC1(CNCCC(F)(F)F)CCNCC1. The average molecular weight is 254 g/mol. The fourth-order valence-corrected chi connectivity index (χ4v) is 2.22. The maximum Gasteiger partial charge on any atom is 0.390 e. The zero-order chi connectivity index (χ0) is 12.8. The Morgan fingerprint density at radius 2 is 1.94 bits per heavy atom. The lowest BCUT2D eigenvalue weighted by Gasteiger charge is -2.37. The number of hydrogen-bond acceptors (Lipinski definition) is 3. The lowest BCUT2D eigenvalue weighted by molar-refractivity contribution is -0.133. The molecule has 1 aliphatic rings. The van der Waals surface area contributed by atoms with Gasteiger partial charge in [-0.1, -0.05) is 0 Å². The van der Waals surface area contributed by atoms with Gasteiger partial charge in [0.25, 0.3) is 0 Å². The Labute approximate surface area is 100 Å². The molecule has 0 amide bonds. The van der Waals surface area contributed by atoms with Crippen molar-refractivity contribution in [1.82, 2.24) is 10.6 Å². The van der Waals surface area contributed by atoms with Crippen molar-refractivity contribution < 1.29 is 17.9 Å². The molecule has 0 aromatic heterocycles. The van der Waals surface area contributed by atoms with Crippen molar-refractivity contribution in [2.75, 3.05) is 39.9 Å². The Bertz CT molecular complexity index is 210. The molecule has 0 radical (unpaired) electrons. The van der Waals surface area contributed by atoms with Crippen LogP contribution in [0.5, 0.6) is 0 Å². The van der Waals surface area contributed by atoms with Gasteiger partial charge in [0.15, 0.2) is 0 Å². The van der Waals surface area contributed by atoms with Crippen LogP contribution in [0.2, 0.25) is 0 Å². The number of nitrogens with one attached hydrogen (secondary N) is 2. The van der Waals surface area contributed by atoms with Crippen molar-refractivity contribution in [1.29, 1.82) is 0 Å². The summed E-state index contributed by atoms with van der Waals surface area (Å²) in [5.41, 5.74) is -0.00833. The Morgan fingerprint density at radius 3 is 2.47 bits per heavy atom. The minimum atomic E-state index is -4.07. The molecule has 17 heavy (non-hydrogen) atoms. The Morgan fingerprint density at radius 1 is 1.29 bits per heavy atom. The van der Waals surface area contributed by atoms with Crippen molar-refractivity contribution in [2.45, 2.75) is 25.4 Å². The number of hydrogen-bond donors (Lipinski definition) is 2. The molecule has 3 nitrogen and oxygen atoms in total. The van der Waals surface area contributed by atoms with E-state index < -0.39 is 12.6 Å². The van der Waals surface area contributed by atoms with Crippen molar-refractivity contribution in [3.8, 4) is 0 Å². The summed E-state index contributed by atoms with van der Waals surface area (Å²) in [4.78, 5) is 0. The first-order valence-electron chi connectivity index (χ1n) is 5.95. The van der Waals surface area contributed by atoms with E-state index in [0.717, 1.165) is 25.9 Å². The van der Waals surface area contributed by atoms with Crippen LogP contribution >= 0.6 is 0 Å². The largest absolute Gasteiger partial charge is 0.390 e. The molecule has 1 heterocycles. The number of piperidine rings is 1. The summed E-state index contributed by atoms with van der Waals surface area (Å²) in [6.45, 7) is 3.00. The molecule has 1 fully saturated rings. The first-order valence-corrected chi connectivity index (χ1v) is 5.95. The average Bonchev–Trinajstić information content (AvgIpc) is 2.25. The molecular weight excluding hydrogens is 233 g/mol. The summed E-state index contributed by atoms with van der Waals surface area (Å²) in [7, 11) is 1.64. The van der Waals surface area contributed by atoms with Crippen LogP contribution in [0.25, 0.3) is 0 Å². The first-order chi connectivity index (χ1) is 7.97. The van der Waals surface area contributed by atoms with E-state index in [4.69, 9.17) is 4.74 Å². The summed E-state index contributed by atoms with van der Waals surface area (Å²) in [5, 5.41) is 6.16. The molecule has 0 spiro atoms. The van der Waals surface area contributed by atoms with Gasteiger partial charge in [-0.15, -0.1) is 0 Å². The van der Waals surface area contributed by atoms with Gasteiger partial charge in [-0.05, 0) is 25.9 Å². The van der Waals surface area contributed by atoms with Gasteiger partial charge in [0, 0.05) is 25.6 Å². The van der Waals surface area contributed by atoms with Gasteiger partial charge in [-0.3, -0.25) is 0 Å². The van der Waals surface area contributed by atoms with E-state index in [0.29, 0.717) is 13.2 Å². The van der Waals surface area contributed by atoms with E-state index in [1.165, 1.54) is 0 Å². The fourth-order valence-electron chi connectivity index (χ4n) is 2.22. The molecule has 1 aliphatic heterocycles. The monoisotopic (exact) mass is 254 g/mol. The van der Waals surface area contributed by atoms with Gasteiger partial charge < -0.3 is 15.4 Å². The number of ether oxygens (including phenoxy) is 1. The summed E-state index contributed by atoms with van der Waals surface area (Å²) in [6, 6.07) is 0. The first kappa shape index (κ1) is 14.7. The molecule has 1 saturated heterocycles. The van der Waals surface area contributed by atoms with E-state index in [1.54, 1.807) is 7.11 Å². The molecule has 0 aliphatic carbocycles. The van der Waals surface area contributed by atoms with Gasteiger partial charge in [-0.25, -0.2) is 0 Å². The summed E-state index contributed by atoms with van der Waals surface area (Å²) in [6.07, 6.45) is -2.95. The van der Waals surface area contributed by atoms with E-state index in [2.05, 4.69) is 10.6 Å². The van der Waals surface area contributed by atoms with Crippen LogP contribution in [-0.2, 0) is 4.74 Å². The van der Waals surface area contributed by atoms with Gasteiger partial charge in [0.05, 0.1) is 13.0 Å². The molecule has 0 aromatic rings. The van der Waals surface area contributed by atoms with Crippen LogP contribution in [0.3, 0.4) is 0 Å². The predicted octanol–water partition coefficient (Wildman–Crippen LogP) is 1.54. The summed E-state index contributed by atoms with van der Waals surface area (Å²) in [5.74, 6) is 0. The van der Waals surface area contributed by atoms with E-state index in [9.17, 15) is 13.2 Å². The Hall–Kier alpha value is -0.330. The molecule has 0 saturated carbocycles. The Kier molecular flexibility index (Phi) is 5.69. The minimum Gasteiger partial charge on any atom is -0.384 e. The third-order valence-electron chi connectivity index (χ3n) is 3.20. The van der Waals surface area contributed by atoms with Crippen LogP contribution < -0.4 is 10.6 Å². The molecule has 6 heteroatoms. The minimum absolute atomic E-state index is 0.00833. The second-order valence-electron chi connectivity index (χ2n) is 4.72. The maximum absolute atomic E-state index is 12.0. The number of methoxy groups -OCH3 is 1. The third-order valence-corrected chi connectivity index (χ3v) is 3.20. The highest BCUT2D eigenvalue weighted by atomic mass is 19.4. The standard InChI is InChI=1S/C11H21F3N2O/c1-17-9-10(2-5-15-6-3-10)8-16-7-4-11(12,13)14/h15-16H,2-9H2,1H3. The molecule has 0 bridgehead atoms. The van der Waals surface area contributed by atoms with Crippen LogP contribution in [-0.4, -0.2) is 46.1 Å². The van der Waals surface area contributed by atoms with Crippen LogP contribution in [0, 0.1) is 5.41 Å². The lowest BCUT2D eigenvalue weighted by Crippen LogP contribution is -2.46. The van der Waals surface area contributed by atoms with Crippen LogP contribution in [0.1, 0.15) is 19.3 Å². The van der Waals surface area contributed by atoms with Crippen molar-refractivity contribution in [3.05, 3.63) is 0 Å². The topological polar surface area (TPSA) is 33.3 Å². The molecule has 0 unspecified atom stereocenters. The van der Waals surface area contributed by atoms with Crippen molar-refractivity contribution >= 4 is 0 Å². The molecule has 0 aromatic carbocycles. The van der Waals surface area contributed by atoms with Crippen molar-refractivity contribution in [3.63, 3.8) is 0 Å². The molecule has 2 N–H and O–H groups in total. The quantitative estimate of drug-likeness (QED) is 0.705. The summed E-state index contributed by atoms with van der Waals surface area (Å²) < 4.78 is 41.2. The highest BCUT2D eigenvalue weighted by molar-refractivity contribution is 4.86. The normalized spacial score (nSPS) is 20.5. The van der Waals surface area contributed by atoms with E-state index in [-0.39, 0.29) is 12.0 Å². The zero-order valence-corrected chi connectivity index (χ0v) is 10.2. The fraction of sp³-hybridized carbons (Fsp3) is 1.00. The second kappa shape index (κ2) is 6.56. The second-order valence-corrected chi connectivity index (χ2v) is 4.72. The molecular formula is C11H21F3N2O. The zero-order valence-electron chi connectivity index (χ0n) is 10.2. The van der Waals surface area contributed by atoms with E-state index in [1.807, 2.05) is 0 Å². The lowest BCUT2D eigenvalue weighted by atomic mass is 9.79. The van der Waals surface area contributed by atoms with Crippen LogP contribution in [0.15, 0.2) is 0 Å². The Balaban J connectivity index is 2.29. The number of rotatable bonds is 6. The number of alkyl halides is 3.